The fourth-order valence-corrected chi connectivity index (χ4v) is 1.39. The van der Waals surface area contributed by atoms with Crippen molar-refractivity contribution in [2.75, 3.05) is 6.61 Å². The fraction of sp³-hybridized carbons (Fsp3) is 0.308. The van der Waals surface area contributed by atoms with Crippen molar-refractivity contribution in [3.63, 3.8) is 0 Å². The summed E-state index contributed by atoms with van der Waals surface area (Å²) in [7, 11) is 0. The third-order valence-corrected chi connectivity index (χ3v) is 2.22. The Morgan fingerprint density at radius 2 is 2.27 bits per heavy atom. The van der Waals surface area contributed by atoms with Crippen LogP contribution < -0.4 is 0 Å². The number of allylic oxidation sites excluding steroid dienone is 1. The molecule has 0 N–H and O–H groups in total. The summed E-state index contributed by atoms with van der Waals surface area (Å²) in [5.74, 6) is -0.261. The van der Waals surface area contributed by atoms with E-state index in [1.165, 1.54) is 5.56 Å². The van der Waals surface area contributed by atoms with Crippen LogP contribution in [0.5, 0.6) is 0 Å². The summed E-state index contributed by atoms with van der Waals surface area (Å²) >= 11 is 0. The van der Waals surface area contributed by atoms with Crippen LogP contribution in [-0.4, -0.2) is 12.6 Å². The SMILES string of the molecule is C=CCc1cc(C(=O)OCC)ccc1C. The number of carbonyl (C=O) groups excluding carboxylic acids is 1. The average Bonchev–Trinajstić information content (AvgIpc) is 2.22. The van der Waals surface area contributed by atoms with E-state index in [2.05, 4.69) is 6.58 Å². The number of esters is 1. The van der Waals surface area contributed by atoms with Crippen LogP contribution in [0.2, 0.25) is 0 Å². The normalized spacial score (nSPS) is 9.73. The summed E-state index contributed by atoms with van der Waals surface area (Å²) in [6.07, 6.45) is 2.61. The molecule has 0 atom stereocenters. The summed E-state index contributed by atoms with van der Waals surface area (Å²) in [6.45, 7) is 7.92. The molecule has 0 heterocycles. The van der Waals surface area contributed by atoms with Gasteiger partial charge >= 0.3 is 5.97 Å². The molecule has 1 aromatic carbocycles. The van der Waals surface area contributed by atoms with Gasteiger partial charge in [-0.05, 0) is 43.5 Å². The summed E-state index contributed by atoms with van der Waals surface area (Å²) in [5, 5.41) is 0. The van der Waals surface area contributed by atoms with E-state index in [4.69, 9.17) is 4.74 Å². The first-order valence-electron chi connectivity index (χ1n) is 5.06. The van der Waals surface area contributed by atoms with Crippen LogP contribution in [0.3, 0.4) is 0 Å². The maximum absolute atomic E-state index is 11.5. The van der Waals surface area contributed by atoms with Crippen molar-refractivity contribution in [2.45, 2.75) is 20.3 Å². The lowest BCUT2D eigenvalue weighted by atomic mass is 10.0. The van der Waals surface area contributed by atoms with Crippen molar-refractivity contribution in [2.24, 2.45) is 0 Å². The molecule has 0 aliphatic rings. The van der Waals surface area contributed by atoms with Gasteiger partial charge in [-0.3, -0.25) is 0 Å². The average molecular weight is 204 g/mol. The van der Waals surface area contributed by atoms with Gasteiger partial charge in [0.15, 0.2) is 0 Å². The van der Waals surface area contributed by atoms with E-state index >= 15 is 0 Å². The van der Waals surface area contributed by atoms with Gasteiger partial charge in [0.2, 0.25) is 0 Å². The van der Waals surface area contributed by atoms with Crippen LogP contribution in [-0.2, 0) is 11.2 Å². The zero-order chi connectivity index (χ0) is 11.3. The molecular weight excluding hydrogens is 188 g/mol. The highest BCUT2D eigenvalue weighted by atomic mass is 16.5. The maximum atomic E-state index is 11.5. The van der Waals surface area contributed by atoms with Crippen molar-refractivity contribution < 1.29 is 9.53 Å². The smallest absolute Gasteiger partial charge is 0.338 e. The molecule has 0 fully saturated rings. The molecule has 0 aliphatic carbocycles. The van der Waals surface area contributed by atoms with E-state index in [1.54, 1.807) is 13.0 Å². The zero-order valence-corrected chi connectivity index (χ0v) is 9.25. The predicted octanol–water partition coefficient (Wildman–Crippen LogP) is 2.90. The molecule has 15 heavy (non-hydrogen) atoms. The predicted molar refractivity (Wildman–Crippen MR) is 61.0 cm³/mol. The van der Waals surface area contributed by atoms with E-state index in [9.17, 15) is 4.79 Å². The molecule has 0 spiro atoms. The number of hydrogen-bond donors (Lipinski definition) is 0. The Hall–Kier alpha value is -1.57. The number of rotatable bonds is 4. The highest BCUT2D eigenvalue weighted by Crippen LogP contribution is 2.13. The minimum absolute atomic E-state index is 0.261. The second-order valence-electron chi connectivity index (χ2n) is 3.35. The molecule has 80 valence electrons. The molecule has 1 rings (SSSR count). The van der Waals surface area contributed by atoms with Crippen molar-refractivity contribution in [3.05, 3.63) is 47.5 Å². The minimum atomic E-state index is -0.261. The standard InChI is InChI=1S/C13H16O2/c1-4-6-11-9-12(8-7-10(11)3)13(14)15-5-2/h4,7-9H,1,5-6H2,2-3H3. The molecule has 0 aliphatic heterocycles. The fourth-order valence-electron chi connectivity index (χ4n) is 1.39. The summed E-state index contributed by atoms with van der Waals surface area (Å²) in [5.41, 5.74) is 2.90. The largest absolute Gasteiger partial charge is 0.462 e. The van der Waals surface area contributed by atoms with Gasteiger partial charge in [-0.25, -0.2) is 4.79 Å². The highest BCUT2D eigenvalue weighted by Gasteiger charge is 2.07. The summed E-state index contributed by atoms with van der Waals surface area (Å²) in [4.78, 5) is 11.5. The molecule has 2 nitrogen and oxygen atoms in total. The molecule has 0 bridgehead atoms. The Balaban J connectivity index is 2.96. The van der Waals surface area contributed by atoms with E-state index < -0.39 is 0 Å². The van der Waals surface area contributed by atoms with Crippen LogP contribution in [0.1, 0.15) is 28.4 Å². The van der Waals surface area contributed by atoms with Gasteiger partial charge in [-0.1, -0.05) is 12.1 Å². The lowest BCUT2D eigenvalue weighted by Crippen LogP contribution is -2.05. The summed E-state index contributed by atoms with van der Waals surface area (Å²) < 4.78 is 4.94. The van der Waals surface area contributed by atoms with Gasteiger partial charge in [0.1, 0.15) is 0 Å². The van der Waals surface area contributed by atoms with Gasteiger partial charge in [0.05, 0.1) is 12.2 Å². The number of benzene rings is 1. The summed E-state index contributed by atoms with van der Waals surface area (Å²) in [6, 6.07) is 5.60. The second kappa shape index (κ2) is 5.35. The molecule has 0 amide bonds. The molecule has 1 aromatic rings. The third-order valence-electron chi connectivity index (χ3n) is 2.22. The van der Waals surface area contributed by atoms with Crippen LogP contribution in [0.25, 0.3) is 0 Å². The molecule has 0 aromatic heterocycles. The molecule has 0 saturated heterocycles. The van der Waals surface area contributed by atoms with Crippen molar-refractivity contribution in [1.82, 2.24) is 0 Å². The molecule has 2 heteroatoms. The number of hydrogen-bond acceptors (Lipinski definition) is 2. The number of ether oxygens (including phenoxy) is 1. The van der Waals surface area contributed by atoms with E-state index in [1.807, 2.05) is 25.1 Å². The van der Waals surface area contributed by atoms with Gasteiger partial charge < -0.3 is 4.74 Å². The first-order valence-corrected chi connectivity index (χ1v) is 5.06. The minimum Gasteiger partial charge on any atom is -0.462 e. The molecular formula is C13H16O2. The molecule has 0 unspecified atom stereocenters. The van der Waals surface area contributed by atoms with Crippen molar-refractivity contribution in [3.8, 4) is 0 Å². The third kappa shape index (κ3) is 2.94. The maximum Gasteiger partial charge on any atom is 0.338 e. The van der Waals surface area contributed by atoms with E-state index in [0.29, 0.717) is 12.2 Å². The van der Waals surface area contributed by atoms with E-state index in [0.717, 1.165) is 12.0 Å². The van der Waals surface area contributed by atoms with Crippen LogP contribution >= 0.6 is 0 Å². The highest BCUT2D eigenvalue weighted by molar-refractivity contribution is 5.89. The second-order valence-corrected chi connectivity index (χ2v) is 3.35. The quantitative estimate of drug-likeness (QED) is 0.557. The van der Waals surface area contributed by atoms with Gasteiger partial charge in [-0.2, -0.15) is 0 Å². The van der Waals surface area contributed by atoms with Gasteiger partial charge in [-0.15, -0.1) is 6.58 Å². The van der Waals surface area contributed by atoms with Crippen molar-refractivity contribution >= 4 is 5.97 Å². The zero-order valence-electron chi connectivity index (χ0n) is 9.25. The van der Waals surface area contributed by atoms with E-state index in [-0.39, 0.29) is 5.97 Å². The Morgan fingerprint density at radius 1 is 1.53 bits per heavy atom. The Labute approximate surface area is 90.6 Å². The molecule has 0 radical (unpaired) electrons. The Kier molecular flexibility index (Phi) is 4.10. The molecule has 0 saturated carbocycles. The first-order chi connectivity index (χ1) is 7.19. The lowest BCUT2D eigenvalue weighted by Gasteiger charge is -2.06. The lowest BCUT2D eigenvalue weighted by molar-refractivity contribution is 0.0526. The van der Waals surface area contributed by atoms with Crippen LogP contribution in [0, 0.1) is 6.92 Å². The van der Waals surface area contributed by atoms with Crippen LogP contribution in [0.15, 0.2) is 30.9 Å². The Morgan fingerprint density at radius 3 is 2.87 bits per heavy atom. The topological polar surface area (TPSA) is 26.3 Å². The number of carbonyl (C=O) groups is 1. The first kappa shape index (κ1) is 11.5. The number of aryl methyl sites for hydroxylation is 1. The monoisotopic (exact) mass is 204 g/mol. The Bertz CT molecular complexity index is 367. The van der Waals surface area contributed by atoms with Crippen LogP contribution in [0.4, 0.5) is 0 Å². The van der Waals surface area contributed by atoms with Gasteiger partial charge in [0, 0.05) is 0 Å². The van der Waals surface area contributed by atoms with Gasteiger partial charge in [0.25, 0.3) is 0 Å². The van der Waals surface area contributed by atoms with Crippen molar-refractivity contribution in [1.29, 1.82) is 0 Å².